The third-order valence-corrected chi connectivity index (χ3v) is 8.05. The van der Waals surface area contributed by atoms with E-state index in [4.69, 9.17) is 14.2 Å². The summed E-state index contributed by atoms with van der Waals surface area (Å²) in [6, 6.07) is 13.9. The highest BCUT2D eigenvalue weighted by atomic mass is 16.5. The van der Waals surface area contributed by atoms with Gasteiger partial charge in [0.25, 0.3) is 0 Å². The second-order valence-electron chi connectivity index (χ2n) is 10.9. The van der Waals surface area contributed by atoms with E-state index in [0.717, 1.165) is 33.2 Å². The topological polar surface area (TPSA) is 131 Å². The van der Waals surface area contributed by atoms with Crippen LogP contribution in [-0.4, -0.2) is 50.7 Å². The third-order valence-electron chi connectivity index (χ3n) is 8.05. The average molecular weight is 599 g/mol. The number of carbonyl (C=O) groups is 2. The lowest BCUT2D eigenvalue weighted by Gasteiger charge is -2.19. The van der Waals surface area contributed by atoms with Gasteiger partial charge in [-0.15, -0.1) is 0 Å². The molecule has 0 spiro atoms. The van der Waals surface area contributed by atoms with Gasteiger partial charge in [0.1, 0.15) is 6.04 Å². The zero-order valence-corrected chi connectivity index (χ0v) is 25.6. The summed E-state index contributed by atoms with van der Waals surface area (Å²) in [7, 11) is 4.66. The van der Waals surface area contributed by atoms with Crippen LogP contribution in [0.1, 0.15) is 43.0 Å². The number of benzene rings is 2. The van der Waals surface area contributed by atoms with Crippen LogP contribution >= 0.6 is 0 Å². The summed E-state index contributed by atoms with van der Waals surface area (Å²) in [4.78, 5) is 42.0. The molecule has 2 atom stereocenters. The lowest BCUT2D eigenvalue weighted by Crippen LogP contribution is -2.39. The minimum atomic E-state index is -0.676. The van der Waals surface area contributed by atoms with Gasteiger partial charge in [-0.1, -0.05) is 24.3 Å². The molecule has 0 saturated heterocycles. The molecule has 5 rings (SSSR count). The van der Waals surface area contributed by atoms with Crippen molar-refractivity contribution in [3.05, 3.63) is 81.6 Å². The molecule has 0 bridgehead atoms. The van der Waals surface area contributed by atoms with Crippen molar-refractivity contribution in [2.24, 2.45) is 0 Å². The molecule has 0 saturated carbocycles. The van der Waals surface area contributed by atoms with Crippen molar-refractivity contribution in [2.45, 2.75) is 45.2 Å². The Labute approximate surface area is 256 Å². The fourth-order valence-corrected chi connectivity index (χ4v) is 5.94. The number of hydrogen-bond acceptors (Lipinski definition) is 7. The number of nitrogens with one attached hydrogen (secondary N) is 4. The molecule has 4 N–H and O–H groups in total. The van der Waals surface area contributed by atoms with Gasteiger partial charge in [0.2, 0.25) is 23.0 Å². The second-order valence-corrected chi connectivity index (χ2v) is 10.9. The van der Waals surface area contributed by atoms with Crippen molar-refractivity contribution >= 4 is 28.4 Å². The van der Waals surface area contributed by atoms with Crippen LogP contribution in [0.5, 0.6) is 17.2 Å². The normalized spacial score (nSPS) is 14.4. The zero-order chi connectivity index (χ0) is 31.4. The molecule has 4 aromatic rings. The monoisotopic (exact) mass is 598 g/mol. The predicted octanol–water partition coefficient (Wildman–Crippen LogP) is 4.50. The molecule has 3 aromatic carbocycles. The third kappa shape index (κ3) is 6.06. The van der Waals surface area contributed by atoms with E-state index in [1.807, 2.05) is 36.5 Å². The Bertz CT molecular complexity index is 1770. The minimum absolute atomic E-state index is 0.204. The molecule has 0 unspecified atom stereocenters. The quantitative estimate of drug-likeness (QED) is 0.211. The number of fused-ring (bicyclic) bond motifs is 4. The standard InChI is InChI=1S/C34H38N4O6/c1-19(34(41)35-15-14-22-18-36-26-9-7-6-8-23(22)26)37-28-13-11-24-25(17-29(28)40)27(38-20(2)39)12-10-21-16-30(42-3)32(43-4)33(44-5)31(21)24/h6-9,11,13,16-19,27,36H,10,12,14-15H2,1-5H3,(H,35,41)(H,37,40)(H,38,39)/t19-,27+/m1/s1. The Morgan fingerprint density at radius 1 is 1.02 bits per heavy atom. The average Bonchev–Trinajstić information content (AvgIpc) is 3.29. The molecule has 230 valence electrons. The molecule has 1 aromatic heterocycles. The van der Waals surface area contributed by atoms with Gasteiger partial charge in [-0.05, 0) is 72.7 Å². The van der Waals surface area contributed by atoms with Crippen molar-refractivity contribution in [1.82, 2.24) is 15.6 Å². The van der Waals surface area contributed by atoms with Crippen LogP contribution in [0.15, 0.2) is 59.5 Å². The highest BCUT2D eigenvalue weighted by Crippen LogP contribution is 2.50. The smallest absolute Gasteiger partial charge is 0.242 e. The first-order valence-electron chi connectivity index (χ1n) is 14.6. The van der Waals surface area contributed by atoms with Crippen LogP contribution < -0.4 is 35.6 Å². The van der Waals surface area contributed by atoms with Crippen molar-refractivity contribution < 1.29 is 23.8 Å². The number of methoxy groups -OCH3 is 3. The van der Waals surface area contributed by atoms with Crippen molar-refractivity contribution in [3.8, 4) is 28.4 Å². The molecule has 1 aliphatic carbocycles. The van der Waals surface area contributed by atoms with Gasteiger partial charge in [-0.2, -0.15) is 0 Å². The largest absolute Gasteiger partial charge is 0.493 e. The van der Waals surface area contributed by atoms with E-state index in [1.165, 1.54) is 13.0 Å². The maximum absolute atomic E-state index is 13.6. The van der Waals surface area contributed by atoms with Gasteiger partial charge in [0.05, 0.1) is 33.1 Å². The Balaban J connectivity index is 1.44. The van der Waals surface area contributed by atoms with Crippen molar-refractivity contribution in [2.75, 3.05) is 33.2 Å². The number of amides is 2. The van der Waals surface area contributed by atoms with E-state index >= 15 is 0 Å². The van der Waals surface area contributed by atoms with E-state index in [2.05, 4.69) is 27.0 Å². The van der Waals surface area contributed by atoms with Crippen LogP contribution in [0, 0.1) is 0 Å². The first-order chi connectivity index (χ1) is 21.2. The molecule has 0 radical (unpaired) electrons. The number of aromatic amines is 1. The van der Waals surface area contributed by atoms with Gasteiger partial charge < -0.3 is 35.1 Å². The fourth-order valence-electron chi connectivity index (χ4n) is 5.94. The van der Waals surface area contributed by atoms with Crippen LogP contribution in [0.3, 0.4) is 0 Å². The Hall–Kier alpha value is -4.99. The van der Waals surface area contributed by atoms with Crippen LogP contribution in [0.25, 0.3) is 22.0 Å². The van der Waals surface area contributed by atoms with Crippen LogP contribution in [-0.2, 0) is 22.4 Å². The molecule has 44 heavy (non-hydrogen) atoms. The summed E-state index contributed by atoms with van der Waals surface area (Å²) in [5.74, 6) is 1.01. The molecule has 10 heteroatoms. The summed E-state index contributed by atoms with van der Waals surface area (Å²) in [6.07, 6.45) is 3.79. The summed E-state index contributed by atoms with van der Waals surface area (Å²) in [5.41, 5.74) is 5.21. The van der Waals surface area contributed by atoms with Crippen molar-refractivity contribution in [3.63, 3.8) is 0 Å². The van der Waals surface area contributed by atoms with Gasteiger partial charge in [0.15, 0.2) is 11.5 Å². The molecule has 2 amide bonds. The highest BCUT2D eigenvalue weighted by molar-refractivity contribution is 5.86. The van der Waals surface area contributed by atoms with E-state index in [1.54, 1.807) is 34.3 Å². The van der Waals surface area contributed by atoms with Gasteiger partial charge in [-0.25, -0.2) is 0 Å². The molecule has 0 aliphatic heterocycles. The molecular formula is C34H38N4O6. The number of H-pyrrole nitrogens is 1. The molecular weight excluding hydrogens is 560 g/mol. The van der Waals surface area contributed by atoms with E-state index in [0.29, 0.717) is 48.6 Å². The van der Waals surface area contributed by atoms with Crippen molar-refractivity contribution in [1.29, 1.82) is 0 Å². The number of hydrogen-bond donors (Lipinski definition) is 4. The first kappa shape index (κ1) is 30.5. The summed E-state index contributed by atoms with van der Waals surface area (Å²) < 4.78 is 17.1. The second kappa shape index (κ2) is 13.1. The number of carbonyl (C=O) groups excluding carboxylic acids is 2. The summed E-state index contributed by atoms with van der Waals surface area (Å²) in [6.45, 7) is 3.62. The first-order valence-corrected chi connectivity index (χ1v) is 14.6. The number of rotatable bonds is 10. The number of ether oxygens (including phenoxy) is 3. The van der Waals surface area contributed by atoms with Gasteiger partial charge >= 0.3 is 0 Å². The Morgan fingerprint density at radius 3 is 2.52 bits per heavy atom. The van der Waals surface area contributed by atoms with E-state index in [-0.39, 0.29) is 22.9 Å². The van der Waals surface area contributed by atoms with Crippen LogP contribution in [0.4, 0.5) is 5.69 Å². The molecule has 1 aliphatic rings. The maximum atomic E-state index is 13.6. The number of aromatic nitrogens is 1. The Morgan fingerprint density at radius 2 is 1.80 bits per heavy atom. The zero-order valence-electron chi connectivity index (χ0n) is 25.6. The number of anilines is 1. The molecule has 1 heterocycles. The molecule has 0 fully saturated rings. The summed E-state index contributed by atoms with van der Waals surface area (Å²) >= 11 is 0. The minimum Gasteiger partial charge on any atom is -0.493 e. The van der Waals surface area contributed by atoms with Crippen LogP contribution in [0.2, 0.25) is 0 Å². The SMILES string of the molecule is COc1cc2c(c(OC)c1OC)-c1ccc(N[C@H](C)C(=O)NCCc3c[nH]c4ccccc34)c(=O)cc1[C@@H](NC(C)=O)CC2. The maximum Gasteiger partial charge on any atom is 0.242 e. The van der Waals surface area contributed by atoms with E-state index in [9.17, 15) is 14.4 Å². The van der Waals surface area contributed by atoms with Gasteiger partial charge in [-0.3, -0.25) is 14.4 Å². The lowest BCUT2D eigenvalue weighted by atomic mass is 9.95. The van der Waals surface area contributed by atoms with Gasteiger partial charge in [0, 0.05) is 36.1 Å². The predicted molar refractivity (Wildman–Crippen MR) is 171 cm³/mol. The number of para-hydroxylation sites is 1. The summed E-state index contributed by atoms with van der Waals surface area (Å²) in [5, 5.41) is 10.2. The van der Waals surface area contributed by atoms with E-state index < -0.39 is 12.1 Å². The number of aryl methyl sites for hydroxylation is 1. The highest BCUT2D eigenvalue weighted by Gasteiger charge is 2.29. The molecule has 10 nitrogen and oxygen atoms in total. The lowest BCUT2D eigenvalue weighted by molar-refractivity contribution is -0.121. The fraction of sp³-hybridized carbons (Fsp3) is 0.324. The Kier molecular flexibility index (Phi) is 9.08.